The van der Waals surface area contributed by atoms with Gasteiger partial charge in [0, 0.05) is 5.56 Å². The molecule has 158 valence electrons. The van der Waals surface area contributed by atoms with Crippen molar-refractivity contribution in [1.82, 2.24) is 0 Å². The Labute approximate surface area is 174 Å². The van der Waals surface area contributed by atoms with E-state index >= 15 is 0 Å². The van der Waals surface area contributed by atoms with Gasteiger partial charge in [-0.1, -0.05) is 50.5 Å². The fourth-order valence-corrected chi connectivity index (χ4v) is 5.22. The first-order valence-electron chi connectivity index (χ1n) is 11.3. The van der Waals surface area contributed by atoms with E-state index in [4.69, 9.17) is 0 Å². The summed E-state index contributed by atoms with van der Waals surface area (Å²) in [5, 5.41) is 0. The molecule has 1 aromatic rings. The number of alkyl halides is 3. The van der Waals surface area contributed by atoms with Gasteiger partial charge in [-0.25, -0.2) is 0 Å². The van der Waals surface area contributed by atoms with Gasteiger partial charge in [-0.3, -0.25) is 0 Å². The molecule has 29 heavy (non-hydrogen) atoms. The summed E-state index contributed by atoms with van der Waals surface area (Å²) in [6.07, 6.45) is 13.5. The summed E-state index contributed by atoms with van der Waals surface area (Å²) in [5.74, 6) is 9.38. The standard InChI is InChI=1S/C26H33F3/c1-2-5-20-8-14-23(15-9-20)24-16-10-21(11-17-24)6-3-4-7-22-12-18-25(19-13-22)26(27,28)29/h3,6,12-13,18-21,23-24H,2,5,8-11,14-17H2,1H3/b6-3+/t20-,21?,23-,24?. The van der Waals surface area contributed by atoms with Gasteiger partial charge in [-0.15, -0.1) is 0 Å². The van der Waals surface area contributed by atoms with Crippen LogP contribution in [0.3, 0.4) is 0 Å². The van der Waals surface area contributed by atoms with E-state index in [2.05, 4.69) is 24.8 Å². The Morgan fingerprint density at radius 1 is 0.897 bits per heavy atom. The summed E-state index contributed by atoms with van der Waals surface area (Å²) in [6.45, 7) is 2.30. The molecule has 0 atom stereocenters. The lowest BCUT2D eigenvalue weighted by molar-refractivity contribution is -0.137. The molecule has 0 bridgehead atoms. The molecule has 0 aliphatic heterocycles. The minimum atomic E-state index is -4.29. The highest BCUT2D eigenvalue weighted by Crippen LogP contribution is 2.42. The summed E-state index contributed by atoms with van der Waals surface area (Å²) in [6, 6.07) is 5.05. The van der Waals surface area contributed by atoms with Crippen molar-refractivity contribution in [2.45, 2.75) is 77.3 Å². The number of hydrogen-bond donors (Lipinski definition) is 0. The van der Waals surface area contributed by atoms with E-state index in [0.717, 1.165) is 29.9 Å². The van der Waals surface area contributed by atoms with Crippen molar-refractivity contribution in [3.63, 3.8) is 0 Å². The fourth-order valence-electron chi connectivity index (χ4n) is 5.22. The number of allylic oxidation sites excluding steroid dienone is 2. The SMILES string of the molecule is CCC[C@H]1CC[C@H](C2CCC(/C=C/C#Cc3ccc(C(F)(F)F)cc3)CC2)CC1. The molecule has 1 aromatic carbocycles. The molecular formula is C26H33F3. The topological polar surface area (TPSA) is 0 Å². The average molecular weight is 403 g/mol. The fraction of sp³-hybridized carbons (Fsp3) is 0.615. The van der Waals surface area contributed by atoms with Gasteiger partial charge in [0.1, 0.15) is 0 Å². The lowest BCUT2D eigenvalue weighted by Gasteiger charge is -2.37. The summed E-state index contributed by atoms with van der Waals surface area (Å²) in [5.41, 5.74) is -0.0146. The monoisotopic (exact) mass is 402 g/mol. The Kier molecular flexibility index (Phi) is 7.87. The van der Waals surface area contributed by atoms with E-state index in [1.807, 2.05) is 6.08 Å². The quantitative estimate of drug-likeness (QED) is 0.447. The average Bonchev–Trinajstić information content (AvgIpc) is 2.72. The molecule has 0 heterocycles. The Bertz CT molecular complexity index is 701. The third-order valence-electron chi connectivity index (χ3n) is 6.95. The summed E-state index contributed by atoms with van der Waals surface area (Å²) >= 11 is 0. The normalized spacial score (nSPS) is 28.1. The second-order valence-corrected chi connectivity index (χ2v) is 8.95. The first-order valence-corrected chi connectivity index (χ1v) is 11.3. The van der Waals surface area contributed by atoms with Crippen LogP contribution in [0.4, 0.5) is 13.2 Å². The van der Waals surface area contributed by atoms with Crippen molar-refractivity contribution in [3.8, 4) is 11.8 Å². The predicted octanol–water partition coefficient (Wildman–Crippen LogP) is 8.03. The van der Waals surface area contributed by atoms with Crippen LogP contribution in [0.15, 0.2) is 36.4 Å². The maximum absolute atomic E-state index is 12.6. The molecule has 2 aliphatic carbocycles. The van der Waals surface area contributed by atoms with Gasteiger partial charge in [0.15, 0.2) is 0 Å². The first-order chi connectivity index (χ1) is 14.0. The van der Waals surface area contributed by atoms with Crippen LogP contribution in [0, 0.1) is 35.5 Å². The Hall–Kier alpha value is -1.69. The molecule has 0 amide bonds. The van der Waals surface area contributed by atoms with Crippen LogP contribution < -0.4 is 0 Å². The van der Waals surface area contributed by atoms with E-state index in [0.29, 0.717) is 11.5 Å². The number of halogens is 3. The number of benzene rings is 1. The largest absolute Gasteiger partial charge is 0.416 e. The van der Waals surface area contributed by atoms with Gasteiger partial charge >= 0.3 is 6.18 Å². The van der Waals surface area contributed by atoms with Crippen molar-refractivity contribution >= 4 is 0 Å². The lowest BCUT2D eigenvalue weighted by Crippen LogP contribution is -2.25. The second-order valence-electron chi connectivity index (χ2n) is 8.95. The van der Waals surface area contributed by atoms with Crippen LogP contribution in [0.1, 0.15) is 82.3 Å². The zero-order valence-electron chi connectivity index (χ0n) is 17.5. The van der Waals surface area contributed by atoms with Crippen LogP contribution in [-0.2, 0) is 6.18 Å². The molecule has 0 radical (unpaired) electrons. The van der Waals surface area contributed by atoms with Crippen LogP contribution in [0.25, 0.3) is 0 Å². The molecule has 2 aliphatic rings. The molecule has 0 unspecified atom stereocenters. The molecule has 3 heteroatoms. The first kappa shape index (κ1) is 22.0. The van der Waals surface area contributed by atoms with Crippen molar-refractivity contribution in [2.75, 3.05) is 0 Å². The van der Waals surface area contributed by atoms with Gasteiger partial charge in [0.2, 0.25) is 0 Å². The van der Waals surface area contributed by atoms with Crippen LogP contribution in [-0.4, -0.2) is 0 Å². The molecule has 0 nitrogen and oxygen atoms in total. The smallest absolute Gasteiger partial charge is 0.166 e. The van der Waals surface area contributed by atoms with Crippen molar-refractivity contribution < 1.29 is 13.2 Å². The van der Waals surface area contributed by atoms with E-state index in [1.54, 1.807) is 0 Å². The van der Waals surface area contributed by atoms with Gasteiger partial charge < -0.3 is 0 Å². The summed E-state index contributed by atoms with van der Waals surface area (Å²) in [7, 11) is 0. The van der Waals surface area contributed by atoms with Gasteiger partial charge in [0.25, 0.3) is 0 Å². The second kappa shape index (κ2) is 10.4. The minimum Gasteiger partial charge on any atom is -0.166 e. The Morgan fingerprint density at radius 2 is 1.48 bits per heavy atom. The van der Waals surface area contributed by atoms with E-state index in [9.17, 15) is 13.2 Å². The molecule has 3 rings (SSSR count). The van der Waals surface area contributed by atoms with Crippen molar-refractivity contribution in [3.05, 3.63) is 47.5 Å². The molecule has 0 saturated heterocycles. The maximum atomic E-state index is 12.6. The molecule has 2 fully saturated rings. The number of rotatable bonds is 4. The third kappa shape index (κ3) is 6.66. The van der Waals surface area contributed by atoms with Gasteiger partial charge in [-0.05, 0) is 92.5 Å². The molecule has 0 spiro atoms. The van der Waals surface area contributed by atoms with Crippen molar-refractivity contribution in [2.24, 2.45) is 23.7 Å². The van der Waals surface area contributed by atoms with E-state index in [1.165, 1.54) is 76.3 Å². The van der Waals surface area contributed by atoms with E-state index in [-0.39, 0.29) is 0 Å². The molecular weight excluding hydrogens is 369 g/mol. The van der Waals surface area contributed by atoms with Crippen LogP contribution in [0.2, 0.25) is 0 Å². The number of hydrogen-bond acceptors (Lipinski definition) is 0. The Morgan fingerprint density at radius 3 is 2.03 bits per heavy atom. The highest BCUT2D eigenvalue weighted by molar-refractivity contribution is 5.39. The minimum absolute atomic E-state index is 0.601. The highest BCUT2D eigenvalue weighted by atomic mass is 19.4. The van der Waals surface area contributed by atoms with Gasteiger partial charge in [-0.2, -0.15) is 13.2 Å². The van der Waals surface area contributed by atoms with Crippen LogP contribution >= 0.6 is 0 Å². The zero-order valence-corrected chi connectivity index (χ0v) is 17.5. The summed E-state index contributed by atoms with van der Waals surface area (Å²) < 4.78 is 37.7. The van der Waals surface area contributed by atoms with Crippen LogP contribution in [0.5, 0.6) is 0 Å². The Balaban J connectivity index is 1.41. The highest BCUT2D eigenvalue weighted by Gasteiger charge is 2.30. The van der Waals surface area contributed by atoms with Gasteiger partial charge in [0.05, 0.1) is 5.56 Å². The predicted molar refractivity (Wildman–Crippen MR) is 113 cm³/mol. The van der Waals surface area contributed by atoms with E-state index < -0.39 is 11.7 Å². The maximum Gasteiger partial charge on any atom is 0.416 e. The third-order valence-corrected chi connectivity index (χ3v) is 6.95. The molecule has 2 saturated carbocycles. The lowest BCUT2D eigenvalue weighted by atomic mass is 9.69. The summed E-state index contributed by atoms with van der Waals surface area (Å²) in [4.78, 5) is 0. The zero-order chi connectivity index (χ0) is 20.7. The molecule has 0 aromatic heterocycles. The van der Waals surface area contributed by atoms with Crippen molar-refractivity contribution in [1.29, 1.82) is 0 Å². The molecule has 0 N–H and O–H groups in total.